The molecule has 0 spiro atoms. The van der Waals surface area contributed by atoms with Crippen LogP contribution >= 0.6 is 0 Å². The van der Waals surface area contributed by atoms with Gasteiger partial charge < -0.3 is 9.52 Å². The molecule has 0 aliphatic heterocycles. The molecular formula is C43H51IrN2O3-. The molecule has 5 nitrogen and oxygen atoms in total. The summed E-state index contributed by atoms with van der Waals surface area (Å²) in [7, 11) is 0. The van der Waals surface area contributed by atoms with E-state index in [1.54, 1.807) is 0 Å². The first-order chi connectivity index (χ1) is 22.8. The van der Waals surface area contributed by atoms with E-state index >= 15 is 0 Å². The number of rotatable bonds is 8. The van der Waals surface area contributed by atoms with Gasteiger partial charge in [0.25, 0.3) is 0 Å². The van der Waals surface area contributed by atoms with E-state index in [4.69, 9.17) is 9.40 Å². The van der Waals surface area contributed by atoms with E-state index in [1.807, 2.05) is 66.2 Å². The molecular weight excluding hydrogens is 785 g/mol. The van der Waals surface area contributed by atoms with Gasteiger partial charge in [0.2, 0.25) is 0 Å². The number of aryl methyl sites for hydroxylation is 2. The van der Waals surface area contributed by atoms with Gasteiger partial charge in [0, 0.05) is 77.8 Å². The SMILES string of the molecule is CC(C)(C)c1cc(-c2nccc3oc4c(c23)CCc2ccncc2-4)[c-]c2ccccc12.CCC(C)(CC)C(=O)/C=C(\O)C(C)(CC)CC.[Ir]. The Labute approximate surface area is 306 Å². The number of aliphatic hydroxyl groups excluding tert-OH is 1. The molecule has 6 rings (SSSR count). The van der Waals surface area contributed by atoms with Gasteiger partial charge in [0.15, 0.2) is 5.78 Å². The second kappa shape index (κ2) is 15.1. The molecule has 3 aromatic heterocycles. The van der Waals surface area contributed by atoms with Crippen molar-refractivity contribution in [2.45, 2.75) is 106 Å². The standard InChI is InChI=1S/C28H23N2O.C15H28O2.Ir/c1-28(2,3)23-15-19(14-18-6-4-5-7-20(18)23)26-25-21-9-8-17-10-12-29-16-22(17)27(21)31-24(25)11-13-30-26;1-7-14(5,8-2)12(16)11-13(17)15(6,9-3)10-4;/h4-7,10-13,15-16H,8-9H2,1-3H3;11,16H,7-10H2,1-6H3;/q-1;;/b;12-11-;. The van der Waals surface area contributed by atoms with Crippen molar-refractivity contribution < 1.29 is 34.4 Å². The zero-order valence-electron chi connectivity index (χ0n) is 30.6. The third-order valence-corrected chi connectivity index (χ3v) is 10.9. The Morgan fingerprint density at radius 2 is 1.59 bits per heavy atom. The summed E-state index contributed by atoms with van der Waals surface area (Å²) >= 11 is 0. The van der Waals surface area contributed by atoms with Gasteiger partial charge in [-0.3, -0.25) is 14.8 Å². The molecule has 261 valence electrons. The zero-order chi connectivity index (χ0) is 34.9. The smallest absolute Gasteiger partial charge is 0.164 e. The molecule has 5 aromatic rings. The number of ketones is 1. The number of hydrogen-bond donors (Lipinski definition) is 1. The Bertz CT molecular complexity index is 1970. The number of carbonyl (C=O) groups excluding carboxylic acids is 1. The van der Waals surface area contributed by atoms with E-state index in [0.29, 0.717) is 0 Å². The zero-order valence-corrected chi connectivity index (χ0v) is 33.0. The molecule has 1 radical (unpaired) electrons. The summed E-state index contributed by atoms with van der Waals surface area (Å²) in [6.07, 6.45) is 12.3. The van der Waals surface area contributed by atoms with E-state index in [2.05, 4.69) is 68.2 Å². The molecule has 0 bridgehead atoms. The van der Waals surface area contributed by atoms with Crippen LogP contribution in [0, 0.1) is 16.9 Å². The molecule has 1 aliphatic rings. The average molecular weight is 836 g/mol. The molecule has 3 heterocycles. The van der Waals surface area contributed by atoms with Crippen LogP contribution in [0.2, 0.25) is 0 Å². The number of benzene rings is 2. The Kier molecular flexibility index (Phi) is 11.8. The van der Waals surface area contributed by atoms with Gasteiger partial charge in [-0.2, -0.15) is 0 Å². The summed E-state index contributed by atoms with van der Waals surface area (Å²) in [5.41, 5.74) is 7.20. The Hall–Kier alpha value is -3.60. The summed E-state index contributed by atoms with van der Waals surface area (Å²) in [5, 5.41) is 13.6. The normalized spacial score (nSPS) is 13.3. The predicted octanol–water partition coefficient (Wildman–Crippen LogP) is 11.6. The number of carbonyl (C=O) groups is 1. The van der Waals surface area contributed by atoms with Gasteiger partial charge in [-0.15, -0.1) is 29.1 Å². The minimum Gasteiger partial charge on any atom is -0.512 e. The second-order valence-corrected chi connectivity index (χ2v) is 14.8. The maximum atomic E-state index is 12.2. The van der Waals surface area contributed by atoms with Crippen molar-refractivity contribution in [3.8, 4) is 22.6 Å². The first-order valence-electron chi connectivity index (χ1n) is 17.5. The van der Waals surface area contributed by atoms with Crippen LogP contribution < -0.4 is 0 Å². The molecule has 0 fully saturated rings. The van der Waals surface area contributed by atoms with Crippen molar-refractivity contribution >= 4 is 27.5 Å². The van der Waals surface area contributed by atoms with Crippen molar-refractivity contribution in [1.82, 2.24) is 9.97 Å². The summed E-state index contributed by atoms with van der Waals surface area (Å²) < 4.78 is 6.37. The summed E-state index contributed by atoms with van der Waals surface area (Å²) in [5.74, 6) is 1.23. The molecule has 0 saturated carbocycles. The third kappa shape index (κ3) is 7.47. The number of aromatic nitrogens is 2. The van der Waals surface area contributed by atoms with Gasteiger partial charge in [-0.25, -0.2) is 0 Å². The van der Waals surface area contributed by atoms with Crippen LogP contribution in [0.5, 0.6) is 0 Å². The number of furan rings is 1. The Morgan fingerprint density at radius 1 is 0.918 bits per heavy atom. The van der Waals surface area contributed by atoms with E-state index in [-0.39, 0.29) is 47.9 Å². The predicted molar refractivity (Wildman–Crippen MR) is 198 cm³/mol. The fraction of sp³-hybridized carbons (Fsp3) is 0.419. The Balaban J connectivity index is 0.000000260. The number of allylic oxidation sites excluding steroid dienone is 2. The fourth-order valence-corrected chi connectivity index (χ4v) is 6.53. The topological polar surface area (TPSA) is 76.2 Å². The van der Waals surface area contributed by atoms with Gasteiger partial charge >= 0.3 is 0 Å². The fourth-order valence-electron chi connectivity index (χ4n) is 6.53. The van der Waals surface area contributed by atoms with Crippen LogP contribution in [-0.2, 0) is 43.2 Å². The molecule has 0 atom stereocenters. The molecule has 1 aliphatic carbocycles. The maximum Gasteiger partial charge on any atom is 0.164 e. The first-order valence-corrected chi connectivity index (χ1v) is 17.5. The largest absolute Gasteiger partial charge is 0.512 e. The van der Waals surface area contributed by atoms with Crippen LogP contribution in [0.1, 0.15) is 105 Å². The molecule has 2 aromatic carbocycles. The van der Waals surface area contributed by atoms with Crippen molar-refractivity contribution in [2.75, 3.05) is 0 Å². The Morgan fingerprint density at radius 3 is 2.24 bits per heavy atom. The number of pyridine rings is 2. The van der Waals surface area contributed by atoms with Gasteiger partial charge in [0.1, 0.15) is 17.1 Å². The van der Waals surface area contributed by atoms with Gasteiger partial charge in [-0.05, 0) is 61.6 Å². The number of fused-ring (bicyclic) bond motifs is 6. The molecule has 6 heteroatoms. The maximum absolute atomic E-state index is 12.2. The van der Waals surface area contributed by atoms with E-state index in [0.717, 1.165) is 77.5 Å². The minimum atomic E-state index is -0.337. The first kappa shape index (κ1) is 38.2. The summed E-state index contributed by atoms with van der Waals surface area (Å²) in [6.45, 7) is 18.9. The van der Waals surface area contributed by atoms with Crippen molar-refractivity contribution in [3.05, 3.63) is 95.6 Å². The van der Waals surface area contributed by atoms with E-state index in [9.17, 15) is 9.90 Å². The number of aliphatic hydroxyl groups is 1. The number of nitrogens with zero attached hydrogens (tertiary/aromatic N) is 2. The van der Waals surface area contributed by atoms with Crippen molar-refractivity contribution in [2.24, 2.45) is 10.8 Å². The van der Waals surface area contributed by atoms with E-state index < -0.39 is 0 Å². The van der Waals surface area contributed by atoms with Gasteiger partial charge in [-0.1, -0.05) is 91.5 Å². The van der Waals surface area contributed by atoms with Crippen molar-refractivity contribution in [1.29, 1.82) is 0 Å². The minimum absolute atomic E-state index is 0. The van der Waals surface area contributed by atoms with Crippen LogP contribution in [-0.4, -0.2) is 20.9 Å². The van der Waals surface area contributed by atoms with Gasteiger partial charge in [0.05, 0.1) is 0 Å². The van der Waals surface area contributed by atoms with Crippen molar-refractivity contribution in [3.63, 3.8) is 0 Å². The quantitative estimate of drug-likeness (QED) is 0.0957. The van der Waals surface area contributed by atoms with E-state index in [1.165, 1.54) is 28.2 Å². The van der Waals surface area contributed by atoms with Crippen LogP contribution in [0.3, 0.4) is 0 Å². The van der Waals surface area contributed by atoms with Crippen LogP contribution in [0.25, 0.3) is 44.3 Å². The monoisotopic (exact) mass is 836 g/mol. The molecule has 1 N–H and O–H groups in total. The van der Waals surface area contributed by atoms with Crippen LogP contribution in [0.15, 0.2) is 77.3 Å². The second-order valence-electron chi connectivity index (χ2n) is 14.8. The summed E-state index contributed by atoms with van der Waals surface area (Å²) in [4.78, 5) is 21.4. The molecule has 0 amide bonds. The molecule has 49 heavy (non-hydrogen) atoms. The van der Waals surface area contributed by atoms with Crippen LogP contribution in [0.4, 0.5) is 0 Å². The molecule has 0 unspecified atom stereocenters. The average Bonchev–Trinajstić information content (AvgIpc) is 3.49. The molecule has 0 saturated heterocycles. The number of hydrogen-bond acceptors (Lipinski definition) is 5. The summed E-state index contributed by atoms with van der Waals surface area (Å²) in [6, 6.07) is 18.5. The third-order valence-electron chi connectivity index (χ3n) is 10.9.